The molecule has 0 fully saturated rings. The van der Waals surface area contributed by atoms with Crippen molar-refractivity contribution in [3.05, 3.63) is 23.4 Å². The Balaban J connectivity index is 2.26. The summed E-state index contributed by atoms with van der Waals surface area (Å²) in [6.07, 6.45) is 7.30. The Morgan fingerprint density at radius 3 is 2.53 bits per heavy atom. The van der Waals surface area contributed by atoms with Crippen LogP contribution in [0.15, 0.2) is 12.1 Å². The van der Waals surface area contributed by atoms with Gasteiger partial charge in [0.15, 0.2) is 0 Å². The minimum Gasteiger partial charge on any atom is -0.478 e. The zero-order valence-electron chi connectivity index (χ0n) is 11.8. The van der Waals surface area contributed by atoms with E-state index in [2.05, 4.69) is 11.9 Å². The first kappa shape index (κ1) is 15.5. The number of nitrogens with zero attached hydrogens (tertiary/aromatic N) is 1. The highest BCUT2D eigenvalue weighted by atomic mass is 16.5. The van der Waals surface area contributed by atoms with Crippen LogP contribution in [-0.2, 0) is 0 Å². The molecule has 106 valence electrons. The van der Waals surface area contributed by atoms with Gasteiger partial charge >= 0.3 is 5.97 Å². The molecule has 0 atom stereocenters. The molecule has 0 aliphatic carbocycles. The number of aromatic carboxylic acids is 1. The minimum atomic E-state index is -0.951. The number of unbranched alkanes of at least 4 members (excludes halogenated alkanes) is 5. The number of carboxylic acids is 1. The molecule has 1 aromatic rings. The van der Waals surface area contributed by atoms with Crippen LogP contribution in [0.2, 0.25) is 0 Å². The summed E-state index contributed by atoms with van der Waals surface area (Å²) in [5.74, 6) is -0.441. The van der Waals surface area contributed by atoms with E-state index in [1.807, 2.05) is 0 Å². The molecule has 1 heterocycles. The van der Waals surface area contributed by atoms with E-state index in [-0.39, 0.29) is 5.56 Å². The number of aromatic nitrogens is 1. The third-order valence-electron chi connectivity index (χ3n) is 3.04. The number of carboxylic acid groups (broad SMARTS) is 1. The van der Waals surface area contributed by atoms with Crippen LogP contribution in [0.1, 0.15) is 61.5 Å². The average Bonchev–Trinajstić information content (AvgIpc) is 2.37. The van der Waals surface area contributed by atoms with Crippen LogP contribution in [0.25, 0.3) is 0 Å². The van der Waals surface area contributed by atoms with Crippen LogP contribution >= 0.6 is 0 Å². The van der Waals surface area contributed by atoms with Gasteiger partial charge in [0.05, 0.1) is 17.9 Å². The summed E-state index contributed by atoms with van der Waals surface area (Å²) in [4.78, 5) is 15.0. The third kappa shape index (κ3) is 5.73. The van der Waals surface area contributed by atoms with Gasteiger partial charge in [-0.1, -0.05) is 39.0 Å². The van der Waals surface area contributed by atoms with Gasteiger partial charge in [0.1, 0.15) is 0 Å². The first-order chi connectivity index (χ1) is 9.15. The van der Waals surface area contributed by atoms with Gasteiger partial charge in [-0.25, -0.2) is 9.78 Å². The van der Waals surface area contributed by atoms with E-state index in [9.17, 15) is 4.79 Å². The molecule has 0 spiro atoms. The lowest BCUT2D eigenvalue weighted by Crippen LogP contribution is -2.04. The Labute approximate surface area is 114 Å². The van der Waals surface area contributed by atoms with Crippen LogP contribution in [0.5, 0.6) is 5.88 Å². The summed E-state index contributed by atoms with van der Waals surface area (Å²) in [7, 11) is 0. The molecule has 1 aromatic heterocycles. The van der Waals surface area contributed by atoms with Crippen molar-refractivity contribution in [2.24, 2.45) is 0 Å². The van der Waals surface area contributed by atoms with Crippen LogP contribution < -0.4 is 4.74 Å². The standard InChI is InChI=1S/C15H23NO3/c1-3-4-5-6-7-8-11-19-14-10-9-13(15(17)18)12(2)16-14/h9-10H,3-8,11H2,1-2H3,(H,17,18). The number of aryl methyl sites for hydroxylation is 1. The highest BCUT2D eigenvalue weighted by molar-refractivity contribution is 5.88. The number of hydrogen-bond acceptors (Lipinski definition) is 3. The molecule has 19 heavy (non-hydrogen) atoms. The predicted octanol–water partition coefficient (Wildman–Crippen LogP) is 3.83. The largest absolute Gasteiger partial charge is 0.478 e. The Bertz CT molecular complexity index is 404. The van der Waals surface area contributed by atoms with Crippen molar-refractivity contribution in [3.63, 3.8) is 0 Å². The summed E-state index contributed by atoms with van der Waals surface area (Å²) in [5, 5.41) is 8.89. The molecule has 4 nitrogen and oxygen atoms in total. The van der Waals surface area contributed by atoms with Gasteiger partial charge in [0, 0.05) is 6.07 Å². The fourth-order valence-electron chi connectivity index (χ4n) is 1.90. The maximum absolute atomic E-state index is 10.8. The van der Waals surface area contributed by atoms with Gasteiger partial charge in [-0.15, -0.1) is 0 Å². The van der Waals surface area contributed by atoms with E-state index in [0.29, 0.717) is 18.2 Å². The highest BCUT2D eigenvalue weighted by Crippen LogP contribution is 2.13. The monoisotopic (exact) mass is 265 g/mol. The molecule has 1 rings (SSSR count). The number of pyridine rings is 1. The molecule has 0 saturated carbocycles. The molecule has 1 N–H and O–H groups in total. The molecular formula is C15H23NO3. The zero-order chi connectivity index (χ0) is 14.1. The minimum absolute atomic E-state index is 0.229. The quantitative estimate of drug-likeness (QED) is 0.689. The average molecular weight is 265 g/mol. The molecule has 0 aliphatic rings. The lowest BCUT2D eigenvalue weighted by molar-refractivity contribution is 0.0695. The van der Waals surface area contributed by atoms with Crippen molar-refractivity contribution in [2.75, 3.05) is 6.61 Å². The number of hydrogen-bond donors (Lipinski definition) is 1. The van der Waals surface area contributed by atoms with Crippen molar-refractivity contribution in [1.29, 1.82) is 0 Å². The Kier molecular flexibility index (Phi) is 6.93. The summed E-state index contributed by atoms with van der Waals surface area (Å²) in [5.41, 5.74) is 0.722. The summed E-state index contributed by atoms with van der Waals surface area (Å²) >= 11 is 0. The molecule has 4 heteroatoms. The second-order valence-corrected chi connectivity index (χ2v) is 4.70. The van der Waals surface area contributed by atoms with E-state index in [0.717, 1.165) is 6.42 Å². The van der Waals surface area contributed by atoms with Gasteiger partial charge in [-0.2, -0.15) is 0 Å². The normalized spacial score (nSPS) is 10.4. The third-order valence-corrected chi connectivity index (χ3v) is 3.04. The molecule has 0 aliphatic heterocycles. The van der Waals surface area contributed by atoms with Crippen LogP contribution in [0.4, 0.5) is 0 Å². The first-order valence-corrected chi connectivity index (χ1v) is 6.99. The number of rotatable bonds is 9. The summed E-state index contributed by atoms with van der Waals surface area (Å²) in [6.45, 7) is 4.53. The number of ether oxygens (including phenoxy) is 1. The Hall–Kier alpha value is -1.58. The predicted molar refractivity (Wildman–Crippen MR) is 74.8 cm³/mol. The van der Waals surface area contributed by atoms with Gasteiger partial charge in [0.2, 0.25) is 5.88 Å². The van der Waals surface area contributed by atoms with Gasteiger partial charge in [-0.05, 0) is 19.4 Å². The fraction of sp³-hybridized carbons (Fsp3) is 0.600. The molecule has 0 unspecified atom stereocenters. The van der Waals surface area contributed by atoms with Crippen LogP contribution in [0.3, 0.4) is 0 Å². The van der Waals surface area contributed by atoms with Gasteiger partial charge in [-0.3, -0.25) is 0 Å². The zero-order valence-corrected chi connectivity index (χ0v) is 11.8. The van der Waals surface area contributed by atoms with Crippen molar-refractivity contribution >= 4 is 5.97 Å². The first-order valence-electron chi connectivity index (χ1n) is 6.99. The van der Waals surface area contributed by atoms with Crippen molar-refractivity contribution < 1.29 is 14.6 Å². The van der Waals surface area contributed by atoms with Crippen molar-refractivity contribution in [1.82, 2.24) is 4.98 Å². The highest BCUT2D eigenvalue weighted by Gasteiger charge is 2.08. The van der Waals surface area contributed by atoms with E-state index >= 15 is 0 Å². The van der Waals surface area contributed by atoms with Gasteiger partial charge < -0.3 is 9.84 Å². The molecular weight excluding hydrogens is 242 g/mol. The Morgan fingerprint density at radius 2 is 1.89 bits per heavy atom. The van der Waals surface area contributed by atoms with E-state index in [4.69, 9.17) is 9.84 Å². The van der Waals surface area contributed by atoms with Crippen LogP contribution in [-0.4, -0.2) is 22.7 Å². The van der Waals surface area contributed by atoms with Crippen molar-refractivity contribution in [3.8, 4) is 5.88 Å². The van der Waals surface area contributed by atoms with Crippen LogP contribution in [0, 0.1) is 6.92 Å². The van der Waals surface area contributed by atoms with E-state index in [1.54, 1.807) is 19.1 Å². The number of carbonyl (C=O) groups is 1. The van der Waals surface area contributed by atoms with Gasteiger partial charge in [0.25, 0.3) is 0 Å². The SMILES string of the molecule is CCCCCCCCOc1ccc(C(=O)O)c(C)n1. The molecule has 0 radical (unpaired) electrons. The summed E-state index contributed by atoms with van der Waals surface area (Å²) < 4.78 is 5.52. The molecule has 0 bridgehead atoms. The maximum atomic E-state index is 10.8. The maximum Gasteiger partial charge on any atom is 0.337 e. The second-order valence-electron chi connectivity index (χ2n) is 4.70. The topological polar surface area (TPSA) is 59.4 Å². The smallest absolute Gasteiger partial charge is 0.337 e. The Morgan fingerprint density at radius 1 is 1.21 bits per heavy atom. The molecule has 0 amide bonds. The van der Waals surface area contributed by atoms with E-state index < -0.39 is 5.97 Å². The van der Waals surface area contributed by atoms with Crippen molar-refractivity contribution in [2.45, 2.75) is 52.4 Å². The fourth-order valence-corrected chi connectivity index (χ4v) is 1.90. The molecule has 0 aromatic carbocycles. The van der Waals surface area contributed by atoms with E-state index in [1.165, 1.54) is 32.1 Å². The second kappa shape index (κ2) is 8.51. The summed E-state index contributed by atoms with van der Waals surface area (Å²) in [6, 6.07) is 3.16. The molecule has 0 saturated heterocycles. The lowest BCUT2D eigenvalue weighted by atomic mass is 10.1. The lowest BCUT2D eigenvalue weighted by Gasteiger charge is -2.07.